The Hall–Kier alpha value is -1.32. The Morgan fingerprint density at radius 2 is 1.94 bits per heavy atom. The number of nitrogens with two attached hydrogens (primary N) is 1. The van der Waals surface area contributed by atoms with Gasteiger partial charge in [0.2, 0.25) is 0 Å². The highest BCUT2D eigenvalue weighted by molar-refractivity contribution is 7.99. The second kappa shape index (κ2) is 6.03. The lowest BCUT2D eigenvalue weighted by molar-refractivity contribution is 0.341. The van der Waals surface area contributed by atoms with Crippen molar-refractivity contribution in [2.24, 2.45) is 0 Å². The molecule has 0 heterocycles. The first-order valence-electron chi connectivity index (χ1n) is 5.65. The van der Waals surface area contributed by atoms with Crippen molar-refractivity contribution >= 4 is 29.1 Å². The minimum atomic E-state index is 0.607. The Balaban J connectivity index is 2.21. The van der Waals surface area contributed by atoms with Crippen molar-refractivity contribution in [1.82, 2.24) is 0 Å². The van der Waals surface area contributed by atoms with Gasteiger partial charge in [-0.15, -0.1) is 0 Å². The first-order chi connectivity index (χ1) is 8.69. The molecule has 4 heteroatoms. The minimum Gasteiger partial charge on any atom is -0.492 e. The highest BCUT2D eigenvalue weighted by Gasteiger charge is 2.04. The summed E-state index contributed by atoms with van der Waals surface area (Å²) >= 11 is 7.59. The van der Waals surface area contributed by atoms with Crippen LogP contribution in [0.25, 0.3) is 0 Å². The molecule has 0 aliphatic heterocycles. The average molecular weight is 280 g/mol. The Labute approximate surface area is 116 Å². The fourth-order valence-electron chi connectivity index (χ4n) is 1.53. The summed E-state index contributed by atoms with van der Waals surface area (Å²) in [6, 6.07) is 13.5. The van der Waals surface area contributed by atoms with Crippen molar-refractivity contribution in [2.45, 2.75) is 16.7 Å². The summed E-state index contributed by atoms with van der Waals surface area (Å²) in [4.78, 5) is 2.17. The van der Waals surface area contributed by atoms with Crippen LogP contribution in [0.3, 0.4) is 0 Å². The van der Waals surface area contributed by atoms with Crippen molar-refractivity contribution in [3.8, 4) is 5.75 Å². The van der Waals surface area contributed by atoms with Crippen LogP contribution in [-0.4, -0.2) is 6.61 Å². The number of nitrogen functional groups attached to an aromatic ring is 1. The summed E-state index contributed by atoms with van der Waals surface area (Å²) in [5.41, 5.74) is 6.50. The Kier molecular flexibility index (Phi) is 4.39. The summed E-state index contributed by atoms with van der Waals surface area (Å²) in [6.45, 7) is 2.55. The van der Waals surface area contributed by atoms with Gasteiger partial charge < -0.3 is 10.5 Å². The number of ether oxygens (including phenoxy) is 1. The molecule has 0 atom stereocenters. The van der Waals surface area contributed by atoms with Crippen LogP contribution in [0.15, 0.2) is 52.3 Å². The van der Waals surface area contributed by atoms with E-state index in [4.69, 9.17) is 22.1 Å². The molecule has 0 aliphatic carbocycles. The van der Waals surface area contributed by atoms with Crippen LogP contribution in [0, 0.1) is 0 Å². The van der Waals surface area contributed by atoms with Gasteiger partial charge in [0, 0.05) is 14.8 Å². The minimum absolute atomic E-state index is 0.607. The third-order valence-electron chi connectivity index (χ3n) is 2.32. The van der Waals surface area contributed by atoms with Crippen LogP contribution < -0.4 is 10.5 Å². The Morgan fingerprint density at radius 1 is 1.17 bits per heavy atom. The number of hydrogen-bond donors (Lipinski definition) is 1. The van der Waals surface area contributed by atoms with Crippen molar-refractivity contribution in [1.29, 1.82) is 0 Å². The van der Waals surface area contributed by atoms with Gasteiger partial charge in [-0.05, 0) is 43.3 Å². The highest BCUT2D eigenvalue weighted by atomic mass is 35.5. The summed E-state index contributed by atoms with van der Waals surface area (Å²) in [6.07, 6.45) is 0. The number of hydrogen-bond acceptors (Lipinski definition) is 3. The van der Waals surface area contributed by atoms with Gasteiger partial charge in [0.1, 0.15) is 5.75 Å². The Bertz CT molecular complexity index is 545. The largest absolute Gasteiger partial charge is 0.492 e. The average Bonchev–Trinajstić information content (AvgIpc) is 2.34. The van der Waals surface area contributed by atoms with Gasteiger partial charge in [-0.3, -0.25) is 0 Å². The molecule has 0 radical (unpaired) electrons. The maximum atomic E-state index is 5.96. The number of rotatable bonds is 4. The van der Waals surface area contributed by atoms with Gasteiger partial charge in [-0.1, -0.05) is 29.4 Å². The Morgan fingerprint density at radius 3 is 2.67 bits per heavy atom. The molecule has 0 amide bonds. The predicted octanol–water partition coefficient (Wildman–Crippen LogP) is 4.47. The highest BCUT2D eigenvalue weighted by Crippen LogP contribution is 2.33. The molecule has 0 aliphatic rings. The van der Waals surface area contributed by atoms with Crippen LogP contribution in [0.4, 0.5) is 5.69 Å². The molecule has 2 N–H and O–H groups in total. The zero-order valence-corrected chi connectivity index (χ0v) is 11.6. The maximum Gasteiger partial charge on any atom is 0.143 e. The second-order valence-electron chi connectivity index (χ2n) is 3.69. The van der Waals surface area contributed by atoms with Crippen molar-refractivity contribution in [2.75, 3.05) is 12.3 Å². The van der Waals surface area contributed by atoms with E-state index in [1.165, 1.54) is 0 Å². The van der Waals surface area contributed by atoms with E-state index in [9.17, 15) is 0 Å². The normalized spacial score (nSPS) is 10.3. The summed E-state index contributed by atoms with van der Waals surface area (Å²) in [7, 11) is 0. The molecule has 2 nitrogen and oxygen atoms in total. The van der Waals surface area contributed by atoms with E-state index in [2.05, 4.69) is 0 Å². The lowest BCUT2D eigenvalue weighted by Gasteiger charge is -2.09. The van der Waals surface area contributed by atoms with E-state index < -0.39 is 0 Å². The third kappa shape index (κ3) is 3.34. The number of halogens is 1. The third-order valence-corrected chi connectivity index (χ3v) is 3.53. The van der Waals surface area contributed by atoms with Gasteiger partial charge in [0.15, 0.2) is 0 Å². The van der Waals surface area contributed by atoms with Gasteiger partial charge in [0.05, 0.1) is 12.3 Å². The fourth-order valence-corrected chi connectivity index (χ4v) is 2.69. The van der Waals surface area contributed by atoms with Crippen LogP contribution in [0.5, 0.6) is 5.75 Å². The molecule has 94 valence electrons. The smallest absolute Gasteiger partial charge is 0.143 e. The van der Waals surface area contributed by atoms with Crippen LogP contribution in [0.2, 0.25) is 5.02 Å². The molecule has 2 aromatic carbocycles. The zero-order chi connectivity index (χ0) is 13.0. The molecule has 0 fully saturated rings. The molecule has 2 rings (SSSR count). The van der Waals surface area contributed by atoms with Gasteiger partial charge in [-0.2, -0.15) is 0 Å². The van der Waals surface area contributed by atoms with E-state index in [-0.39, 0.29) is 0 Å². The first-order valence-corrected chi connectivity index (χ1v) is 6.84. The SMILES string of the molecule is CCOc1cc(Sc2cccc(Cl)c2)ccc1N. The first kappa shape index (κ1) is 13.1. The predicted molar refractivity (Wildman–Crippen MR) is 77.6 cm³/mol. The fraction of sp³-hybridized carbons (Fsp3) is 0.143. The zero-order valence-electron chi connectivity index (χ0n) is 10.0. The molecule has 0 saturated carbocycles. The monoisotopic (exact) mass is 279 g/mol. The number of benzene rings is 2. The van der Waals surface area contributed by atoms with E-state index in [1.54, 1.807) is 11.8 Å². The van der Waals surface area contributed by atoms with Crippen molar-refractivity contribution in [3.05, 3.63) is 47.5 Å². The van der Waals surface area contributed by atoms with E-state index in [1.807, 2.05) is 49.4 Å². The van der Waals surface area contributed by atoms with E-state index in [0.29, 0.717) is 12.3 Å². The van der Waals surface area contributed by atoms with E-state index >= 15 is 0 Å². The van der Waals surface area contributed by atoms with Gasteiger partial charge in [0.25, 0.3) is 0 Å². The summed E-state index contributed by atoms with van der Waals surface area (Å²) < 4.78 is 5.47. The molecule has 0 bridgehead atoms. The topological polar surface area (TPSA) is 35.2 Å². The molecular formula is C14H14ClNOS. The molecule has 18 heavy (non-hydrogen) atoms. The maximum absolute atomic E-state index is 5.96. The quantitative estimate of drug-likeness (QED) is 0.839. The molecule has 0 spiro atoms. The second-order valence-corrected chi connectivity index (χ2v) is 5.28. The summed E-state index contributed by atoms with van der Waals surface area (Å²) in [5, 5.41) is 0.737. The standard InChI is InChI=1S/C14H14ClNOS/c1-2-17-14-9-12(6-7-13(14)16)18-11-5-3-4-10(15)8-11/h3-9H,2,16H2,1H3. The lowest BCUT2D eigenvalue weighted by Crippen LogP contribution is -1.96. The van der Waals surface area contributed by atoms with E-state index in [0.717, 1.165) is 20.6 Å². The molecule has 0 aromatic heterocycles. The molecule has 0 unspecified atom stereocenters. The molecule has 0 saturated heterocycles. The molecule has 2 aromatic rings. The van der Waals surface area contributed by atoms with Crippen LogP contribution >= 0.6 is 23.4 Å². The number of anilines is 1. The van der Waals surface area contributed by atoms with Gasteiger partial charge in [-0.25, -0.2) is 0 Å². The van der Waals surface area contributed by atoms with Crippen LogP contribution in [0.1, 0.15) is 6.92 Å². The molecular weight excluding hydrogens is 266 g/mol. The van der Waals surface area contributed by atoms with Gasteiger partial charge >= 0.3 is 0 Å². The lowest BCUT2D eigenvalue weighted by atomic mass is 10.3. The van der Waals surface area contributed by atoms with Crippen molar-refractivity contribution in [3.63, 3.8) is 0 Å². The summed E-state index contributed by atoms with van der Waals surface area (Å²) in [5.74, 6) is 0.726. The van der Waals surface area contributed by atoms with Crippen LogP contribution in [-0.2, 0) is 0 Å². The van der Waals surface area contributed by atoms with Crippen molar-refractivity contribution < 1.29 is 4.74 Å².